The first kappa shape index (κ1) is 15.0. The Morgan fingerprint density at radius 1 is 1.58 bits per heavy atom. The van der Waals surface area contributed by atoms with Crippen LogP contribution in [0.25, 0.3) is 0 Å². The van der Waals surface area contributed by atoms with Gasteiger partial charge < -0.3 is 14.8 Å². The number of rotatable bonds is 7. The zero-order valence-corrected chi connectivity index (χ0v) is 10.3. The van der Waals surface area contributed by atoms with E-state index in [9.17, 15) is 13.6 Å². The van der Waals surface area contributed by atoms with Crippen LogP contribution >= 0.6 is 0 Å². The second-order valence-corrected chi connectivity index (χ2v) is 3.50. The van der Waals surface area contributed by atoms with E-state index in [1.807, 2.05) is 0 Å². The standard InChI is InChI=1S/C12H14F2N2O3/c1-3-16-10(17)7-19-11(12(13)14)8-4-9(18-2)6-15-5-8/h3-6,11-12H,1,7H2,2H3,(H,16,17). The van der Waals surface area contributed by atoms with Crippen molar-refractivity contribution in [2.45, 2.75) is 12.5 Å². The van der Waals surface area contributed by atoms with Crippen molar-refractivity contribution in [1.82, 2.24) is 10.3 Å². The van der Waals surface area contributed by atoms with Gasteiger partial charge in [0.1, 0.15) is 18.5 Å². The highest BCUT2D eigenvalue weighted by atomic mass is 19.3. The van der Waals surface area contributed by atoms with E-state index in [4.69, 9.17) is 9.47 Å². The number of carbonyl (C=O) groups is 1. The van der Waals surface area contributed by atoms with Crippen LogP contribution in [0.15, 0.2) is 31.2 Å². The summed E-state index contributed by atoms with van der Waals surface area (Å²) in [5.74, 6) is -0.223. The highest BCUT2D eigenvalue weighted by Crippen LogP contribution is 2.26. The molecular weight excluding hydrogens is 258 g/mol. The average Bonchev–Trinajstić information content (AvgIpc) is 2.39. The number of nitrogens with one attached hydrogen (secondary N) is 1. The summed E-state index contributed by atoms with van der Waals surface area (Å²) in [6, 6.07) is 1.38. The minimum atomic E-state index is -2.79. The molecule has 5 nitrogen and oxygen atoms in total. The summed E-state index contributed by atoms with van der Waals surface area (Å²) in [7, 11) is 1.40. The zero-order valence-electron chi connectivity index (χ0n) is 10.3. The number of methoxy groups -OCH3 is 1. The van der Waals surface area contributed by atoms with Gasteiger partial charge in [0.2, 0.25) is 5.91 Å². The summed E-state index contributed by atoms with van der Waals surface area (Å²) < 4.78 is 35.6. The van der Waals surface area contributed by atoms with Crippen molar-refractivity contribution >= 4 is 5.91 Å². The second kappa shape index (κ2) is 7.42. The molecule has 0 aliphatic carbocycles. The van der Waals surface area contributed by atoms with Gasteiger partial charge in [0, 0.05) is 11.8 Å². The molecule has 0 aromatic carbocycles. The van der Waals surface area contributed by atoms with E-state index in [1.54, 1.807) is 0 Å². The summed E-state index contributed by atoms with van der Waals surface area (Å²) >= 11 is 0. The van der Waals surface area contributed by atoms with Crippen molar-refractivity contribution < 1.29 is 23.0 Å². The Hall–Kier alpha value is -2.02. The highest BCUT2D eigenvalue weighted by Gasteiger charge is 2.25. The lowest BCUT2D eigenvalue weighted by Crippen LogP contribution is -2.25. The number of ether oxygens (including phenoxy) is 2. The van der Waals surface area contributed by atoms with Gasteiger partial charge in [-0.25, -0.2) is 8.78 Å². The van der Waals surface area contributed by atoms with Gasteiger partial charge in [-0.3, -0.25) is 9.78 Å². The van der Waals surface area contributed by atoms with Gasteiger partial charge in [-0.1, -0.05) is 6.58 Å². The monoisotopic (exact) mass is 272 g/mol. The fourth-order valence-electron chi connectivity index (χ4n) is 1.34. The normalized spacial score (nSPS) is 12.0. The number of halogens is 2. The average molecular weight is 272 g/mol. The number of amides is 1. The quantitative estimate of drug-likeness (QED) is 0.820. The number of hydrogen-bond donors (Lipinski definition) is 1. The molecule has 1 unspecified atom stereocenters. The molecule has 1 amide bonds. The predicted molar refractivity (Wildman–Crippen MR) is 63.8 cm³/mol. The molecule has 1 aromatic rings. The number of pyridine rings is 1. The molecule has 7 heteroatoms. The van der Waals surface area contributed by atoms with Crippen molar-refractivity contribution in [2.24, 2.45) is 0 Å². The lowest BCUT2D eigenvalue weighted by Gasteiger charge is -2.17. The van der Waals surface area contributed by atoms with E-state index >= 15 is 0 Å². The predicted octanol–water partition coefficient (Wildman–Crippen LogP) is 1.67. The van der Waals surface area contributed by atoms with Crippen LogP contribution in [0.1, 0.15) is 11.7 Å². The molecule has 1 N–H and O–H groups in total. The van der Waals surface area contributed by atoms with E-state index in [0.717, 1.165) is 6.20 Å². The molecule has 1 heterocycles. The largest absolute Gasteiger partial charge is 0.495 e. The third kappa shape index (κ3) is 4.63. The Labute approximate surface area is 109 Å². The van der Waals surface area contributed by atoms with E-state index in [2.05, 4.69) is 16.9 Å². The Bertz CT molecular complexity index is 441. The van der Waals surface area contributed by atoms with Crippen LogP contribution in [0, 0.1) is 0 Å². The molecule has 1 atom stereocenters. The van der Waals surface area contributed by atoms with E-state index in [-0.39, 0.29) is 5.56 Å². The number of hydrogen-bond acceptors (Lipinski definition) is 4. The summed E-state index contributed by atoms with van der Waals surface area (Å²) in [4.78, 5) is 14.9. The van der Waals surface area contributed by atoms with Crippen LogP contribution in [-0.4, -0.2) is 31.0 Å². The van der Waals surface area contributed by atoms with Gasteiger partial charge in [0.15, 0.2) is 0 Å². The second-order valence-electron chi connectivity index (χ2n) is 3.50. The Morgan fingerprint density at radius 3 is 2.89 bits per heavy atom. The maximum atomic E-state index is 12.9. The number of aromatic nitrogens is 1. The fourth-order valence-corrected chi connectivity index (χ4v) is 1.34. The van der Waals surface area contributed by atoms with Crippen molar-refractivity contribution in [3.8, 4) is 5.75 Å². The molecule has 1 aromatic heterocycles. The molecule has 0 bridgehead atoms. The molecule has 0 spiro atoms. The number of carbonyl (C=O) groups excluding carboxylic acids is 1. The molecule has 0 saturated heterocycles. The van der Waals surface area contributed by atoms with E-state index in [1.165, 1.54) is 25.6 Å². The summed E-state index contributed by atoms with van der Waals surface area (Å²) in [5, 5.41) is 2.23. The van der Waals surface area contributed by atoms with E-state index < -0.39 is 25.0 Å². The molecule has 1 rings (SSSR count). The maximum Gasteiger partial charge on any atom is 0.268 e. The topological polar surface area (TPSA) is 60.5 Å². The van der Waals surface area contributed by atoms with Gasteiger partial charge in [0.25, 0.3) is 6.43 Å². The van der Waals surface area contributed by atoms with Crippen LogP contribution in [0.5, 0.6) is 5.75 Å². The van der Waals surface area contributed by atoms with Gasteiger partial charge >= 0.3 is 0 Å². The van der Waals surface area contributed by atoms with Crippen LogP contribution in [0.4, 0.5) is 8.78 Å². The van der Waals surface area contributed by atoms with Crippen LogP contribution in [0.2, 0.25) is 0 Å². The Morgan fingerprint density at radius 2 is 2.32 bits per heavy atom. The lowest BCUT2D eigenvalue weighted by molar-refractivity contribution is -0.131. The molecular formula is C12H14F2N2O3. The van der Waals surface area contributed by atoms with Gasteiger partial charge in [0.05, 0.1) is 13.3 Å². The Kier molecular flexibility index (Phi) is 5.87. The maximum absolute atomic E-state index is 12.9. The van der Waals surface area contributed by atoms with Crippen molar-refractivity contribution in [3.05, 3.63) is 36.8 Å². The summed E-state index contributed by atoms with van der Waals surface area (Å²) in [5.41, 5.74) is 0.140. The molecule has 0 saturated carbocycles. The van der Waals surface area contributed by atoms with Crippen LogP contribution in [0.3, 0.4) is 0 Å². The Balaban J connectivity index is 2.76. The number of alkyl halides is 2. The van der Waals surface area contributed by atoms with Crippen LogP contribution in [-0.2, 0) is 9.53 Å². The smallest absolute Gasteiger partial charge is 0.268 e. The minimum absolute atomic E-state index is 0.140. The lowest BCUT2D eigenvalue weighted by atomic mass is 10.1. The summed E-state index contributed by atoms with van der Waals surface area (Å²) in [6.07, 6.45) is -0.555. The van der Waals surface area contributed by atoms with Gasteiger partial charge in [-0.05, 0) is 12.3 Å². The summed E-state index contributed by atoms with van der Waals surface area (Å²) in [6.45, 7) is 2.78. The third-order valence-corrected chi connectivity index (χ3v) is 2.18. The molecule has 0 radical (unpaired) electrons. The zero-order chi connectivity index (χ0) is 14.3. The molecule has 19 heavy (non-hydrogen) atoms. The number of nitrogens with zero attached hydrogens (tertiary/aromatic N) is 1. The molecule has 0 aliphatic rings. The van der Waals surface area contributed by atoms with Gasteiger partial charge in [-0.2, -0.15) is 0 Å². The minimum Gasteiger partial charge on any atom is -0.495 e. The molecule has 104 valence electrons. The highest BCUT2D eigenvalue weighted by molar-refractivity contribution is 5.78. The van der Waals surface area contributed by atoms with Crippen molar-refractivity contribution in [1.29, 1.82) is 0 Å². The van der Waals surface area contributed by atoms with E-state index in [0.29, 0.717) is 5.75 Å². The fraction of sp³-hybridized carbons (Fsp3) is 0.333. The van der Waals surface area contributed by atoms with Crippen molar-refractivity contribution in [2.75, 3.05) is 13.7 Å². The molecule has 0 aliphatic heterocycles. The molecule has 0 fully saturated rings. The third-order valence-electron chi connectivity index (χ3n) is 2.18. The van der Waals surface area contributed by atoms with Gasteiger partial charge in [-0.15, -0.1) is 0 Å². The first-order valence-electron chi connectivity index (χ1n) is 5.37. The van der Waals surface area contributed by atoms with Crippen LogP contribution < -0.4 is 10.1 Å². The first-order chi connectivity index (χ1) is 9.08. The van der Waals surface area contributed by atoms with Crippen molar-refractivity contribution in [3.63, 3.8) is 0 Å². The first-order valence-corrected chi connectivity index (χ1v) is 5.37. The SMILES string of the molecule is C=CNC(=O)COC(c1cncc(OC)c1)C(F)F.